The largest absolute Gasteiger partial charge is 0.370 e. The van der Waals surface area contributed by atoms with Crippen LogP contribution in [0.2, 0.25) is 0 Å². The minimum atomic E-state index is 0.980. The quantitative estimate of drug-likeness (QED) is 0.723. The molecule has 0 fully saturated rings. The molecular formula is C12H22N2. The van der Waals surface area contributed by atoms with Crippen LogP contribution >= 0.6 is 0 Å². The second-order valence-corrected chi connectivity index (χ2v) is 2.85. The lowest BCUT2D eigenvalue weighted by molar-refractivity contribution is 0.742. The maximum atomic E-state index is 4.17. The molecule has 0 saturated carbocycles. The van der Waals surface area contributed by atoms with Crippen molar-refractivity contribution in [2.75, 3.05) is 11.9 Å². The molecule has 0 bridgehead atoms. The summed E-state index contributed by atoms with van der Waals surface area (Å²) in [5, 5.41) is 3.27. The predicted molar refractivity (Wildman–Crippen MR) is 63.6 cm³/mol. The number of pyridine rings is 1. The molecule has 0 saturated heterocycles. The van der Waals surface area contributed by atoms with Crippen molar-refractivity contribution in [1.29, 1.82) is 0 Å². The number of nitrogens with zero attached hydrogens (tertiary/aromatic N) is 1. The second kappa shape index (κ2) is 10.0. The summed E-state index contributed by atoms with van der Waals surface area (Å²) < 4.78 is 0. The van der Waals surface area contributed by atoms with E-state index in [2.05, 4.69) is 17.2 Å². The summed E-state index contributed by atoms with van der Waals surface area (Å²) in [6.07, 6.45) is 5.60. The van der Waals surface area contributed by atoms with Crippen LogP contribution in [-0.4, -0.2) is 11.5 Å². The molecule has 2 heteroatoms. The molecule has 0 aromatic carbocycles. The molecule has 0 aliphatic heterocycles. The zero-order valence-corrected chi connectivity index (χ0v) is 9.59. The molecular weight excluding hydrogens is 172 g/mol. The van der Waals surface area contributed by atoms with Crippen molar-refractivity contribution in [3.63, 3.8) is 0 Å². The molecule has 1 aromatic heterocycles. The van der Waals surface area contributed by atoms with E-state index < -0.39 is 0 Å². The highest BCUT2D eigenvalue weighted by molar-refractivity contribution is 5.32. The number of nitrogens with one attached hydrogen (secondary N) is 1. The Labute approximate surface area is 87.8 Å². The van der Waals surface area contributed by atoms with Gasteiger partial charge in [-0.1, -0.05) is 39.7 Å². The summed E-state index contributed by atoms with van der Waals surface area (Å²) in [6, 6.07) is 5.92. The molecule has 1 aromatic rings. The first-order valence-electron chi connectivity index (χ1n) is 5.58. The van der Waals surface area contributed by atoms with E-state index in [0.29, 0.717) is 0 Å². The summed E-state index contributed by atoms with van der Waals surface area (Å²) in [7, 11) is 0. The molecule has 0 aliphatic carbocycles. The minimum absolute atomic E-state index is 0.980. The fraction of sp³-hybridized carbons (Fsp3) is 0.583. The SMILES string of the molecule is CC.CCCCCNc1ccccn1. The number of hydrogen-bond donors (Lipinski definition) is 1. The lowest BCUT2D eigenvalue weighted by Crippen LogP contribution is -2.02. The molecule has 0 atom stereocenters. The van der Waals surface area contributed by atoms with Crippen molar-refractivity contribution in [3.8, 4) is 0 Å². The highest BCUT2D eigenvalue weighted by atomic mass is 15.0. The lowest BCUT2D eigenvalue weighted by atomic mass is 10.2. The monoisotopic (exact) mass is 194 g/mol. The topological polar surface area (TPSA) is 24.9 Å². The van der Waals surface area contributed by atoms with Crippen LogP contribution in [0.5, 0.6) is 0 Å². The predicted octanol–water partition coefficient (Wildman–Crippen LogP) is 3.71. The van der Waals surface area contributed by atoms with Crippen LogP contribution in [0.3, 0.4) is 0 Å². The van der Waals surface area contributed by atoms with Gasteiger partial charge in [-0.2, -0.15) is 0 Å². The number of anilines is 1. The van der Waals surface area contributed by atoms with Crippen LogP contribution in [0.25, 0.3) is 0 Å². The summed E-state index contributed by atoms with van der Waals surface area (Å²) in [4.78, 5) is 4.17. The Bertz CT molecular complexity index is 197. The van der Waals surface area contributed by atoms with E-state index in [0.717, 1.165) is 12.4 Å². The van der Waals surface area contributed by atoms with Gasteiger partial charge in [0, 0.05) is 12.7 Å². The standard InChI is InChI=1S/C10H16N2.C2H6/c1-2-3-5-8-11-10-7-4-6-9-12-10;1-2/h4,6-7,9H,2-3,5,8H2,1H3,(H,11,12);1-2H3. The number of hydrogen-bond acceptors (Lipinski definition) is 2. The van der Waals surface area contributed by atoms with Crippen molar-refractivity contribution >= 4 is 5.82 Å². The van der Waals surface area contributed by atoms with Crippen LogP contribution in [0.4, 0.5) is 5.82 Å². The highest BCUT2D eigenvalue weighted by Gasteiger charge is 1.89. The molecule has 14 heavy (non-hydrogen) atoms. The smallest absolute Gasteiger partial charge is 0.125 e. The molecule has 1 N–H and O–H groups in total. The second-order valence-electron chi connectivity index (χ2n) is 2.85. The van der Waals surface area contributed by atoms with E-state index in [9.17, 15) is 0 Å². The molecule has 1 heterocycles. The molecule has 80 valence electrons. The van der Waals surface area contributed by atoms with Crippen molar-refractivity contribution in [1.82, 2.24) is 4.98 Å². The molecule has 1 rings (SSSR count). The van der Waals surface area contributed by atoms with Crippen LogP contribution in [-0.2, 0) is 0 Å². The summed E-state index contributed by atoms with van der Waals surface area (Å²) in [6.45, 7) is 7.24. The Morgan fingerprint density at radius 3 is 2.57 bits per heavy atom. The fourth-order valence-corrected chi connectivity index (χ4v) is 1.06. The van der Waals surface area contributed by atoms with E-state index in [-0.39, 0.29) is 0 Å². The average Bonchev–Trinajstić information content (AvgIpc) is 2.29. The van der Waals surface area contributed by atoms with Gasteiger partial charge in [0.1, 0.15) is 5.82 Å². The Morgan fingerprint density at radius 2 is 2.00 bits per heavy atom. The van der Waals surface area contributed by atoms with Crippen LogP contribution in [0.15, 0.2) is 24.4 Å². The van der Waals surface area contributed by atoms with Crippen LogP contribution in [0, 0.1) is 0 Å². The third-order valence-electron chi connectivity index (χ3n) is 1.75. The van der Waals surface area contributed by atoms with Gasteiger partial charge >= 0.3 is 0 Å². The highest BCUT2D eigenvalue weighted by Crippen LogP contribution is 2.00. The van der Waals surface area contributed by atoms with E-state index >= 15 is 0 Å². The maximum absolute atomic E-state index is 4.17. The van der Waals surface area contributed by atoms with Crippen LogP contribution in [0.1, 0.15) is 40.0 Å². The Hall–Kier alpha value is -1.05. The normalized spacial score (nSPS) is 8.79. The first-order valence-corrected chi connectivity index (χ1v) is 5.58. The number of aromatic nitrogens is 1. The summed E-state index contributed by atoms with van der Waals surface area (Å²) >= 11 is 0. The maximum Gasteiger partial charge on any atom is 0.125 e. The number of rotatable bonds is 5. The molecule has 0 radical (unpaired) electrons. The van der Waals surface area contributed by atoms with Crippen molar-refractivity contribution < 1.29 is 0 Å². The van der Waals surface area contributed by atoms with Crippen LogP contribution < -0.4 is 5.32 Å². The van der Waals surface area contributed by atoms with E-state index in [4.69, 9.17) is 0 Å². The molecule has 0 amide bonds. The van der Waals surface area contributed by atoms with Gasteiger partial charge in [0.25, 0.3) is 0 Å². The van der Waals surface area contributed by atoms with Gasteiger partial charge in [-0.25, -0.2) is 4.98 Å². The Kier molecular flexibility index (Phi) is 9.28. The molecule has 0 unspecified atom stereocenters. The van der Waals surface area contributed by atoms with Crippen molar-refractivity contribution in [3.05, 3.63) is 24.4 Å². The Balaban J connectivity index is 0.000000791. The van der Waals surface area contributed by atoms with E-state index in [1.807, 2.05) is 38.2 Å². The molecule has 0 aliphatic rings. The van der Waals surface area contributed by atoms with Gasteiger partial charge in [-0.15, -0.1) is 0 Å². The first-order chi connectivity index (χ1) is 6.93. The van der Waals surface area contributed by atoms with Gasteiger partial charge < -0.3 is 5.32 Å². The van der Waals surface area contributed by atoms with E-state index in [1.165, 1.54) is 19.3 Å². The summed E-state index contributed by atoms with van der Waals surface area (Å²) in [5.74, 6) is 0.980. The first kappa shape index (κ1) is 12.9. The lowest BCUT2D eigenvalue weighted by Gasteiger charge is -2.03. The van der Waals surface area contributed by atoms with Gasteiger partial charge in [0.2, 0.25) is 0 Å². The average molecular weight is 194 g/mol. The third-order valence-corrected chi connectivity index (χ3v) is 1.75. The van der Waals surface area contributed by atoms with Gasteiger partial charge in [-0.05, 0) is 18.6 Å². The minimum Gasteiger partial charge on any atom is -0.370 e. The van der Waals surface area contributed by atoms with Crippen molar-refractivity contribution in [2.24, 2.45) is 0 Å². The van der Waals surface area contributed by atoms with Crippen molar-refractivity contribution in [2.45, 2.75) is 40.0 Å². The molecule has 0 spiro atoms. The number of unbranched alkanes of at least 4 members (excludes halogenated alkanes) is 2. The Morgan fingerprint density at radius 1 is 1.21 bits per heavy atom. The summed E-state index contributed by atoms with van der Waals surface area (Å²) in [5.41, 5.74) is 0. The third kappa shape index (κ3) is 6.46. The van der Waals surface area contributed by atoms with Gasteiger partial charge in [0.05, 0.1) is 0 Å². The van der Waals surface area contributed by atoms with Gasteiger partial charge in [-0.3, -0.25) is 0 Å². The van der Waals surface area contributed by atoms with Gasteiger partial charge in [0.15, 0.2) is 0 Å². The molecule has 2 nitrogen and oxygen atoms in total. The zero-order chi connectivity index (χ0) is 10.6. The van der Waals surface area contributed by atoms with E-state index in [1.54, 1.807) is 0 Å². The fourth-order valence-electron chi connectivity index (χ4n) is 1.06. The zero-order valence-electron chi connectivity index (χ0n) is 9.59.